The highest BCUT2D eigenvalue weighted by Gasteiger charge is 2.44. The fourth-order valence-corrected chi connectivity index (χ4v) is 4.94. The topological polar surface area (TPSA) is 9.23 Å². The van der Waals surface area contributed by atoms with Gasteiger partial charge >= 0.3 is 0 Å². The van der Waals surface area contributed by atoms with Gasteiger partial charge in [0.25, 0.3) is 0 Å². The first kappa shape index (κ1) is 19.7. The van der Waals surface area contributed by atoms with E-state index in [1.807, 2.05) is 7.11 Å². The van der Waals surface area contributed by atoms with Crippen LogP contribution in [0.1, 0.15) is 82.9 Å². The molecular formula is C26H34O. The van der Waals surface area contributed by atoms with E-state index in [9.17, 15) is 0 Å². The molecule has 2 aromatic carbocycles. The van der Waals surface area contributed by atoms with Gasteiger partial charge < -0.3 is 4.74 Å². The Labute approximate surface area is 165 Å². The summed E-state index contributed by atoms with van der Waals surface area (Å²) >= 11 is 0. The molecule has 0 aromatic heterocycles. The summed E-state index contributed by atoms with van der Waals surface area (Å²) in [6.45, 7) is 8.91. The lowest BCUT2D eigenvalue weighted by Crippen LogP contribution is -2.27. The van der Waals surface area contributed by atoms with Crippen LogP contribution in [0.25, 0.3) is 16.9 Å². The van der Waals surface area contributed by atoms with Crippen LogP contribution in [0.2, 0.25) is 0 Å². The van der Waals surface area contributed by atoms with Crippen molar-refractivity contribution < 1.29 is 4.74 Å². The predicted molar refractivity (Wildman–Crippen MR) is 117 cm³/mol. The number of fused-ring (bicyclic) bond motifs is 3. The maximum Gasteiger partial charge on any atom is 0.125 e. The molecule has 0 aliphatic heterocycles. The zero-order valence-corrected chi connectivity index (χ0v) is 17.7. The second-order valence-electron chi connectivity index (χ2n) is 8.10. The highest BCUT2D eigenvalue weighted by molar-refractivity contribution is 5.86. The standard InChI is InChI=1S/C26H34O/c1-6-8-17-26(18-9-7-2)23-16-11-10-13-20(23)21-14-12-15-22(24(21)26)25(27-5)19(3)4/h10-16H,6-9,17-18H2,1-5H3. The molecule has 0 spiro atoms. The Balaban J connectivity index is 2.33. The number of methoxy groups -OCH3 is 1. The molecule has 0 heterocycles. The molecule has 0 N–H and O–H groups in total. The third-order valence-electron chi connectivity index (χ3n) is 6.09. The van der Waals surface area contributed by atoms with Gasteiger partial charge in [0.15, 0.2) is 0 Å². The zero-order chi connectivity index (χ0) is 19.4. The average Bonchev–Trinajstić information content (AvgIpc) is 2.96. The number of ether oxygens (including phenoxy) is 1. The van der Waals surface area contributed by atoms with Crippen molar-refractivity contribution in [3.8, 4) is 11.1 Å². The van der Waals surface area contributed by atoms with Gasteiger partial charge in [-0.3, -0.25) is 0 Å². The third kappa shape index (κ3) is 3.33. The zero-order valence-electron chi connectivity index (χ0n) is 17.7. The Hall–Kier alpha value is -2.02. The first-order valence-electron chi connectivity index (χ1n) is 10.6. The minimum absolute atomic E-state index is 0.105. The molecule has 1 nitrogen and oxygen atoms in total. The molecule has 144 valence electrons. The van der Waals surface area contributed by atoms with Crippen LogP contribution in [0.3, 0.4) is 0 Å². The van der Waals surface area contributed by atoms with Gasteiger partial charge in [0.1, 0.15) is 5.76 Å². The summed E-state index contributed by atoms with van der Waals surface area (Å²) < 4.78 is 5.90. The Morgan fingerprint density at radius 2 is 1.48 bits per heavy atom. The van der Waals surface area contributed by atoms with E-state index in [-0.39, 0.29) is 5.41 Å². The fourth-order valence-electron chi connectivity index (χ4n) is 4.94. The monoisotopic (exact) mass is 362 g/mol. The smallest absolute Gasteiger partial charge is 0.125 e. The molecule has 0 bridgehead atoms. The van der Waals surface area contributed by atoms with Crippen molar-refractivity contribution in [3.63, 3.8) is 0 Å². The van der Waals surface area contributed by atoms with Crippen LogP contribution < -0.4 is 0 Å². The molecule has 0 atom stereocenters. The second kappa shape index (κ2) is 8.33. The van der Waals surface area contributed by atoms with Gasteiger partial charge in [-0.1, -0.05) is 82.0 Å². The summed E-state index contributed by atoms with van der Waals surface area (Å²) in [6.07, 6.45) is 7.39. The summed E-state index contributed by atoms with van der Waals surface area (Å²) in [5, 5.41) is 0. The van der Waals surface area contributed by atoms with Gasteiger partial charge in [0, 0.05) is 11.0 Å². The van der Waals surface area contributed by atoms with E-state index in [0.29, 0.717) is 0 Å². The molecule has 0 saturated heterocycles. The summed E-state index contributed by atoms with van der Waals surface area (Å²) in [6, 6.07) is 15.9. The van der Waals surface area contributed by atoms with Crippen molar-refractivity contribution in [2.75, 3.05) is 7.11 Å². The van der Waals surface area contributed by atoms with E-state index in [2.05, 4.69) is 70.2 Å². The van der Waals surface area contributed by atoms with Crippen LogP contribution in [0.15, 0.2) is 48.0 Å². The Morgan fingerprint density at radius 1 is 0.852 bits per heavy atom. The molecule has 1 heteroatoms. The van der Waals surface area contributed by atoms with Crippen molar-refractivity contribution in [3.05, 3.63) is 64.7 Å². The van der Waals surface area contributed by atoms with Crippen LogP contribution >= 0.6 is 0 Å². The quantitative estimate of drug-likeness (QED) is 0.436. The molecule has 0 fully saturated rings. The Morgan fingerprint density at radius 3 is 2.07 bits per heavy atom. The van der Waals surface area contributed by atoms with Gasteiger partial charge in [-0.15, -0.1) is 0 Å². The lowest BCUT2D eigenvalue weighted by atomic mass is 9.69. The van der Waals surface area contributed by atoms with Gasteiger partial charge in [0.05, 0.1) is 7.11 Å². The Kier molecular flexibility index (Phi) is 6.09. The average molecular weight is 363 g/mol. The van der Waals surface area contributed by atoms with Gasteiger partial charge in [-0.25, -0.2) is 0 Å². The molecule has 0 radical (unpaired) electrons. The van der Waals surface area contributed by atoms with Crippen LogP contribution in [0, 0.1) is 0 Å². The molecule has 1 aliphatic rings. The van der Waals surface area contributed by atoms with Gasteiger partial charge in [0.2, 0.25) is 0 Å². The molecule has 0 amide bonds. The highest BCUT2D eigenvalue weighted by atomic mass is 16.5. The van der Waals surface area contributed by atoms with Gasteiger partial charge in [-0.05, 0) is 54.5 Å². The number of allylic oxidation sites excluding steroid dienone is 1. The molecule has 2 aromatic rings. The minimum atomic E-state index is 0.105. The van der Waals surface area contributed by atoms with Crippen molar-refractivity contribution in [2.45, 2.75) is 71.6 Å². The van der Waals surface area contributed by atoms with E-state index in [1.165, 1.54) is 71.9 Å². The van der Waals surface area contributed by atoms with Gasteiger partial charge in [-0.2, -0.15) is 0 Å². The number of hydrogen-bond acceptors (Lipinski definition) is 1. The summed E-state index contributed by atoms with van der Waals surface area (Å²) in [5.41, 5.74) is 8.50. The maximum absolute atomic E-state index is 5.90. The van der Waals surface area contributed by atoms with E-state index in [1.54, 1.807) is 0 Å². The molecule has 27 heavy (non-hydrogen) atoms. The normalized spacial score (nSPS) is 13.8. The summed E-state index contributed by atoms with van der Waals surface area (Å²) in [4.78, 5) is 0. The third-order valence-corrected chi connectivity index (χ3v) is 6.09. The predicted octanol–water partition coefficient (Wildman–Crippen LogP) is 7.73. The van der Waals surface area contributed by atoms with Crippen LogP contribution in [0.4, 0.5) is 0 Å². The second-order valence-corrected chi connectivity index (χ2v) is 8.10. The van der Waals surface area contributed by atoms with Crippen molar-refractivity contribution in [1.82, 2.24) is 0 Å². The van der Waals surface area contributed by atoms with E-state index >= 15 is 0 Å². The number of hydrogen-bond donors (Lipinski definition) is 0. The van der Waals surface area contributed by atoms with Crippen LogP contribution in [-0.4, -0.2) is 7.11 Å². The number of benzene rings is 2. The lowest BCUT2D eigenvalue weighted by Gasteiger charge is -2.34. The van der Waals surface area contributed by atoms with E-state index in [4.69, 9.17) is 4.74 Å². The highest BCUT2D eigenvalue weighted by Crippen LogP contribution is 2.56. The molecule has 3 rings (SSSR count). The molecule has 0 unspecified atom stereocenters. The summed E-state index contributed by atoms with van der Waals surface area (Å²) in [5.74, 6) is 1.04. The lowest BCUT2D eigenvalue weighted by molar-refractivity contribution is 0.362. The van der Waals surface area contributed by atoms with Crippen LogP contribution in [0.5, 0.6) is 0 Å². The molecule has 0 saturated carbocycles. The minimum Gasteiger partial charge on any atom is -0.496 e. The first-order chi connectivity index (χ1) is 13.1. The summed E-state index contributed by atoms with van der Waals surface area (Å²) in [7, 11) is 1.81. The number of unbranched alkanes of at least 4 members (excludes halogenated alkanes) is 2. The van der Waals surface area contributed by atoms with Crippen molar-refractivity contribution in [2.24, 2.45) is 0 Å². The van der Waals surface area contributed by atoms with E-state index < -0.39 is 0 Å². The SMILES string of the molecule is CCCCC1(CCCC)c2ccccc2-c2cccc(C(OC)=C(C)C)c21. The fraction of sp³-hybridized carbons (Fsp3) is 0.462. The number of rotatable bonds is 8. The first-order valence-corrected chi connectivity index (χ1v) is 10.6. The van der Waals surface area contributed by atoms with Crippen molar-refractivity contribution in [1.29, 1.82) is 0 Å². The largest absolute Gasteiger partial charge is 0.496 e. The van der Waals surface area contributed by atoms with Crippen LogP contribution in [-0.2, 0) is 10.2 Å². The molecular weight excluding hydrogens is 328 g/mol. The molecule has 1 aliphatic carbocycles. The van der Waals surface area contributed by atoms with Crippen molar-refractivity contribution >= 4 is 5.76 Å². The Bertz CT molecular complexity index is 816. The maximum atomic E-state index is 5.90. The van der Waals surface area contributed by atoms with E-state index in [0.717, 1.165) is 5.76 Å².